The van der Waals surface area contributed by atoms with Crippen LogP contribution in [-0.4, -0.2) is 12.6 Å². The molecule has 0 saturated heterocycles. The highest BCUT2D eigenvalue weighted by molar-refractivity contribution is 5.50. The minimum atomic E-state index is 0.251. The first kappa shape index (κ1) is 11.8. The lowest BCUT2D eigenvalue weighted by atomic mass is 10.1. The predicted octanol–water partition coefficient (Wildman–Crippen LogP) is 3.59. The van der Waals surface area contributed by atoms with Gasteiger partial charge in [-0.05, 0) is 54.2 Å². The van der Waals surface area contributed by atoms with Crippen molar-refractivity contribution in [3.05, 3.63) is 59.2 Å². The fourth-order valence-electron chi connectivity index (χ4n) is 3.28. The molecule has 2 heteroatoms. The number of rotatable bonds is 3. The molecular formula is C18H19NO. The van der Waals surface area contributed by atoms with Gasteiger partial charge in [-0.1, -0.05) is 24.3 Å². The van der Waals surface area contributed by atoms with E-state index in [0.717, 1.165) is 18.7 Å². The topological polar surface area (TPSA) is 21.3 Å². The summed E-state index contributed by atoms with van der Waals surface area (Å²) in [6.45, 7) is 0.869. The number of para-hydroxylation sites is 1. The zero-order valence-electron chi connectivity index (χ0n) is 11.6. The van der Waals surface area contributed by atoms with Crippen molar-refractivity contribution in [2.24, 2.45) is 0 Å². The molecule has 1 N–H and O–H groups in total. The summed E-state index contributed by atoms with van der Waals surface area (Å²) in [7, 11) is 0. The molecule has 0 spiro atoms. The van der Waals surface area contributed by atoms with Crippen molar-refractivity contribution in [3.8, 4) is 5.75 Å². The number of fused-ring (bicyclic) bond motifs is 2. The van der Waals surface area contributed by atoms with E-state index in [1.54, 1.807) is 0 Å². The third-order valence-corrected chi connectivity index (χ3v) is 4.35. The fraction of sp³-hybridized carbons (Fsp3) is 0.333. The molecule has 2 aromatic carbocycles. The Morgan fingerprint density at radius 3 is 2.85 bits per heavy atom. The van der Waals surface area contributed by atoms with Gasteiger partial charge in [0, 0.05) is 12.1 Å². The van der Waals surface area contributed by atoms with Crippen LogP contribution in [0.25, 0.3) is 0 Å². The quantitative estimate of drug-likeness (QED) is 0.915. The van der Waals surface area contributed by atoms with E-state index < -0.39 is 0 Å². The molecule has 1 unspecified atom stereocenters. The molecule has 2 aromatic rings. The summed E-state index contributed by atoms with van der Waals surface area (Å²) in [5, 5.41) is 3.53. The lowest BCUT2D eigenvalue weighted by molar-refractivity contribution is 0.246. The van der Waals surface area contributed by atoms with Gasteiger partial charge in [0.25, 0.3) is 0 Å². The average Bonchev–Trinajstić information content (AvgIpc) is 3.10. The minimum absolute atomic E-state index is 0.251. The lowest BCUT2D eigenvalue weighted by Crippen LogP contribution is -2.23. The van der Waals surface area contributed by atoms with Gasteiger partial charge < -0.3 is 10.1 Å². The van der Waals surface area contributed by atoms with Crippen molar-refractivity contribution in [2.75, 3.05) is 11.9 Å². The maximum atomic E-state index is 5.96. The zero-order chi connectivity index (χ0) is 13.4. The van der Waals surface area contributed by atoms with Crippen LogP contribution in [0.4, 0.5) is 5.69 Å². The van der Waals surface area contributed by atoms with Crippen LogP contribution in [0.1, 0.15) is 23.1 Å². The van der Waals surface area contributed by atoms with E-state index in [0.29, 0.717) is 0 Å². The number of benzene rings is 2. The fourth-order valence-corrected chi connectivity index (χ4v) is 3.28. The van der Waals surface area contributed by atoms with Gasteiger partial charge in [0.1, 0.15) is 11.9 Å². The first-order chi connectivity index (χ1) is 9.88. The van der Waals surface area contributed by atoms with E-state index in [2.05, 4.69) is 41.7 Å². The van der Waals surface area contributed by atoms with Gasteiger partial charge in [-0.25, -0.2) is 0 Å². The molecule has 2 aliphatic rings. The normalized spacial score (nSPS) is 19.3. The van der Waals surface area contributed by atoms with Crippen LogP contribution in [0.3, 0.4) is 0 Å². The first-order valence-electron chi connectivity index (χ1n) is 7.49. The van der Waals surface area contributed by atoms with E-state index in [9.17, 15) is 0 Å². The molecule has 2 nitrogen and oxygen atoms in total. The summed E-state index contributed by atoms with van der Waals surface area (Å²) in [6.07, 6.45) is 5.04. The van der Waals surface area contributed by atoms with Crippen LogP contribution in [0.5, 0.6) is 5.75 Å². The molecule has 1 atom stereocenters. The van der Waals surface area contributed by atoms with Gasteiger partial charge in [0.05, 0.1) is 6.54 Å². The summed E-state index contributed by atoms with van der Waals surface area (Å²) >= 11 is 0. The SMILES string of the molecule is c1ccc2c(c1)CC(CNc1ccc3c(c1)CCC3)O2. The van der Waals surface area contributed by atoms with Crippen LogP contribution in [0, 0.1) is 0 Å². The molecule has 0 saturated carbocycles. The van der Waals surface area contributed by atoms with Crippen LogP contribution < -0.4 is 10.1 Å². The minimum Gasteiger partial charge on any atom is -0.488 e. The van der Waals surface area contributed by atoms with Gasteiger partial charge in [-0.3, -0.25) is 0 Å². The Morgan fingerprint density at radius 2 is 1.90 bits per heavy atom. The monoisotopic (exact) mass is 265 g/mol. The Hall–Kier alpha value is -1.96. The van der Waals surface area contributed by atoms with E-state index in [1.807, 2.05) is 6.07 Å². The Morgan fingerprint density at radius 1 is 1.00 bits per heavy atom. The van der Waals surface area contributed by atoms with E-state index in [-0.39, 0.29) is 6.10 Å². The third kappa shape index (κ3) is 2.15. The summed E-state index contributed by atoms with van der Waals surface area (Å²) in [5.74, 6) is 1.05. The Balaban J connectivity index is 1.40. The molecule has 1 heterocycles. The van der Waals surface area contributed by atoms with Crippen LogP contribution in [-0.2, 0) is 19.3 Å². The summed E-state index contributed by atoms with van der Waals surface area (Å²) in [5.41, 5.74) is 5.60. The largest absolute Gasteiger partial charge is 0.488 e. The highest BCUT2D eigenvalue weighted by Crippen LogP contribution is 2.29. The number of aryl methyl sites for hydroxylation is 2. The van der Waals surface area contributed by atoms with Crippen molar-refractivity contribution in [1.29, 1.82) is 0 Å². The third-order valence-electron chi connectivity index (χ3n) is 4.35. The Kier molecular flexibility index (Phi) is 2.87. The van der Waals surface area contributed by atoms with E-state index in [4.69, 9.17) is 4.74 Å². The van der Waals surface area contributed by atoms with Crippen LogP contribution in [0.2, 0.25) is 0 Å². The van der Waals surface area contributed by atoms with Crippen LogP contribution >= 0.6 is 0 Å². The molecule has 20 heavy (non-hydrogen) atoms. The highest BCUT2D eigenvalue weighted by Gasteiger charge is 2.22. The van der Waals surface area contributed by atoms with Gasteiger partial charge in [0.2, 0.25) is 0 Å². The number of hydrogen-bond acceptors (Lipinski definition) is 2. The first-order valence-corrected chi connectivity index (χ1v) is 7.49. The molecule has 0 aromatic heterocycles. The van der Waals surface area contributed by atoms with Crippen molar-refractivity contribution in [3.63, 3.8) is 0 Å². The Bertz CT molecular complexity index is 610. The maximum absolute atomic E-state index is 5.96. The molecule has 0 radical (unpaired) electrons. The summed E-state index contributed by atoms with van der Waals surface area (Å²) in [6, 6.07) is 15.1. The second-order valence-electron chi connectivity index (χ2n) is 5.77. The maximum Gasteiger partial charge on any atom is 0.123 e. The van der Waals surface area contributed by atoms with Crippen molar-refractivity contribution in [1.82, 2.24) is 0 Å². The lowest BCUT2D eigenvalue weighted by Gasteiger charge is -2.13. The van der Waals surface area contributed by atoms with Crippen molar-refractivity contribution in [2.45, 2.75) is 31.8 Å². The number of ether oxygens (including phenoxy) is 1. The van der Waals surface area contributed by atoms with Gasteiger partial charge in [-0.2, -0.15) is 0 Å². The van der Waals surface area contributed by atoms with Crippen molar-refractivity contribution >= 4 is 5.69 Å². The number of hydrogen-bond donors (Lipinski definition) is 1. The summed E-state index contributed by atoms with van der Waals surface area (Å²) < 4.78 is 5.96. The van der Waals surface area contributed by atoms with Gasteiger partial charge in [0.15, 0.2) is 0 Å². The molecule has 0 fully saturated rings. The molecule has 102 valence electrons. The Labute approximate surface area is 119 Å². The second kappa shape index (κ2) is 4.86. The van der Waals surface area contributed by atoms with Gasteiger partial charge in [-0.15, -0.1) is 0 Å². The van der Waals surface area contributed by atoms with E-state index >= 15 is 0 Å². The molecule has 1 aliphatic heterocycles. The van der Waals surface area contributed by atoms with Crippen LogP contribution in [0.15, 0.2) is 42.5 Å². The van der Waals surface area contributed by atoms with Gasteiger partial charge >= 0.3 is 0 Å². The summed E-state index contributed by atoms with van der Waals surface area (Å²) in [4.78, 5) is 0. The molecule has 4 rings (SSSR count). The zero-order valence-corrected chi connectivity index (χ0v) is 11.6. The van der Waals surface area contributed by atoms with E-state index in [1.165, 1.54) is 41.6 Å². The average molecular weight is 265 g/mol. The predicted molar refractivity (Wildman–Crippen MR) is 81.5 cm³/mol. The smallest absolute Gasteiger partial charge is 0.123 e. The molecule has 0 bridgehead atoms. The van der Waals surface area contributed by atoms with Crippen molar-refractivity contribution < 1.29 is 4.74 Å². The molecule has 1 aliphatic carbocycles. The number of nitrogens with one attached hydrogen (secondary N) is 1. The molecular weight excluding hydrogens is 246 g/mol. The molecule has 0 amide bonds. The standard InChI is InChI=1S/C18H19NO/c1-2-7-18-15(4-1)11-17(20-18)12-19-16-9-8-13-5-3-6-14(13)10-16/h1-2,4,7-10,17,19H,3,5-6,11-12H2. The highest BCUT2D eigenvalue weighted by atomic mass is 16.5. The number of anilines is 1. The second-order valence-corrected chi connectivity index (χ2v) is 5.77.